The highest BCUT2D eigenvalue weighted by atomic mass is 16.5. The topological polar surface area (TPSA) is 44.5 Å². The number of aryl methyl sites for hydroxylation is 2. The van der Waals surface area contributed by atoms with Crippen molar-refractivity contribution in [2.45, 2.75) is 20.3 Å². The molecule has 0 heterocycles. The van der Waals surface area contributed by atoms with E-state index in [-0.39, 0.29) is 0 Å². The van der Waals surface area contributed by atoms with Gasteiger partial charge in [0.25, 0.3) is 0 Å². The van der Waals surface area contributed by atoms with Crippen LogP contribution in [0.1, 0.15) is 18.1 Å². The Balaban J connectivity index is 2.32. The minimum Gasteiger partial charge on any atom is -0.493 e. The molecule has 100 valence electrons. The molecule has 2 aromatic carbocycles. The van der Waals surface area contributed by atoms with Crippen LogP contribution in [0.5, 0.6) is 17.2 Å². The van der Waals surface area contributed by atoms with E-state index >= 15 is 0 Å². The second-order valence-electron chi connectivity index (χ2n) is 4.52. The third-order valence-corrected chi connectivity index (χ3v) is 2.94. The molecule has 3 heteroatoms. The van der Waals surface area contributed by atoms with Gasteiger partial charge in [-0.1, -0.05) is 13.0 Å². The number of hydrogen-bond donors (Lipinski definition) is 1. The second kappa shape index (κ2) is 5.65. The number of ether oxygens (including phenoxy) is 2. The summed E-state index contributed by atoms with van der Waals surface area (Å²) in [7, 11) is 1.65. The second-order valence-corrected chi connectivity index (χ2v) is 4.52. The molecule has 0 aromatic heterocycles. The zero-order valence-electron chi connectivity index (χ0n) is 11.6. The van der Waals surface area contributed by atoms with Gasteiger partial charge in [0.15, 0.2) is 11.5 Å². The van der Waals surface area contributed by atoms with Crippen LogP contribution >= 0.6 is 0 Å². The van der Waals surface area contributed by atoms with E-state index in [2.05, 4.69) is 6.92 Å². The minimum absolute atomic E-state index is 0.694. The maximum atomic E-state index is 5.86. The summed E-state index contributed by atoms with van der Waals surface area (Å²) in [4.78, 5) is 0. The van der Waals surface area contributed by atoms with Crippen molar-refractivity contribution < 1.29 is 9.47 Å². The molecule has 0 unspecified atom stereocenters. The molecule has 2 rings (SSSR count). The summed E-state index contributed by atoms with van der Waals surface area (Å²) >= 11 is 0. The quantitative estimate of drug-likeness (QED) is 0.844. The molecule has 3 nitrogen and oxygen atoms in total. The highest BCUT2D eigenvalue weighted by Crippen LogP contribution is 2.33. The first-order valence-corrected chi connectivity index (χ1v) is 6.34. The van der Waals surface area contributed by atoms with Crippen LogP contribution in [0, 0.1) is 6.92 Å². The predicted molar refractivity (Wildman–Crippen MR) is 78.0 cm³/mol. The molecule has 0 amide bonds. The lowest BCUT2D eigenvalue weighted by atomic mass is 10.1. The Hall–Kier alpha value is -2.16. The van der Waals surface area contributed by atoms with Crippen LogP contribution in [0.3, 0.4) is 0 Å². The van der Waals surface area contributed by atoms with E-state index in [1.165, 1.54) is 5.56 Å². The van der Waals surface area contributed by atoms with Crippen LogP contribution < -0.4 is 15.2 Å². The van der Waals surface area contributed by atoms with Crippen LogP contribution in [-0.4, -0.2) is 7.11 Å². The molecule has 2 N–H and O–H groups in total. The summed E-state index contributed by atoms with van der Waals surface area (Å²) in [5.74, 6) is 2.16. The monoisotopic (exact) mass is 257 g/mol. The third-order valence-electron chi connectivity index (χ3n) is 2.94. The zero-order valence-corrected chi connectivity index (χ0v) is 11.6. The van der Waals surface area contributed by atoms with E-state index in [1.807, 2.05) is 37.3 Å². The Kier molecular flexibility index (Phi) is 3.95. The van der Waals surface area contributed by atoms with Gasteiger partial charge in [-0.25, -0.2) is 0 Å². The highest BCUT2D eigenvalue weighted by molar-refractivity contribution is 5.50. The first kappa shape index (κ1) is 13.3. The molecular weight excluding hydrogens is 238 g/mol. The molecule has 0 bridgehead atoms. The number of benzene rings is 2. The summed E-state index contributed by atoms with van der Waals surface area (Å²) < 4.78 is 11.2. The molecule has 19 heavy (non-hydrogen) atoms. The summed E-state index contributed by atoms with van der Waals surface area (Å²) in [5.41, 5.74) is 8.80. The van der Waals surface area contributed by atoms with Crippen LogP contribution in [0.2, 0.25) is 0 Å². The van der Waals surface area contributed by atoms with E-state index in [0.717, 1.165) is 23.5 Å². The van der Waals surface area contributed by atoms with Crippen LogP contribution in [0.15, 0.2) is 36.4 Å². The van der Waals surface area contributed by atoms with Crippen molar-refractivity contribution in [2.75, 3.05) is 12.8 Å². The molecule has 0 atom stereocenters. The average Bonchev–Trinajstić information content (AvgIpc) is 2.38. The van der Waals surface area contributed by atoms with Gasteiger partial charge in [0.2, 0.25) is 0 Å². The maximum absolute atomic E-state index is 5.86. The van der Waals surface area contributed by atoms with Crippen molar-refractivity contribution in [2.24, 2.45) is 0 Å². The van der Waals surface area contributed by atoms with E-state index < -0.39 is 0 Å². The van der Waals surface area contributed by atoms with E-state index in [0.29, 0.717) is 11.4 Å². The Morgan fingerprint density at radius 1 is 1.05 bits per heavy atom. The fourth-order valence-electron chi connectivity index (χ4n) is 1.98. The van der Waals surface area contributed by atoms with Crippen molar-refractivity contribution in [1.82, 2.24) is 0 Å². The predicted octanol–water partition coefficient (Wildman–Crippen LogP) is 3.94. The summed E-state index contributed by atoms with van der Waals surface area (Å²) in [6, 6.07) is 11.6. The van der Waals surface area contributed by atoms with Gasteiger partial charge < -0.3 is 15.2 Å². The minimum atomic E-state index is 0.694. The molecule has 0 aliphatic rings. The van der Waals surface area contributed by atoms with Crippen molar-refractivity contribution in [3.05, 3.63) is 47.5 Å². The Bertz CT molecular complexity index is 559. The van der Waals surface area contributed by atoms with E-state index in [4.69, 9.17) is 15.2 Å². The van der Waals surface area contributed by atoms with Crippen molar-refractivity contribution in [1.29, 1.82) is 0 Å². The van der Waals surface area contributed by atoms with Gasteiger partial charge in [-0.3, -0.25) is 0 Å². The Labute approximate surface area is 114 Å². The van der Waals surface area contributed by atoms with Crippen molar-refractivity contribution in [3.8, 4) is 17.2 Å². The lowest BCUT2D eigenvalue weighted by Crippen LogP contribution is -1.93. The number of rotatable bonds is 4. The zero-order chi connectivity index (χ0) is 13.8. The molecule has 0 radical (unpaired) electrons. The lowest BCUT2D eigenvalue weighted by Gasteiger charge is -2.12. The molecule has 0 spiro atoms. The van der Waals surface area contributed by atoms with Crippen LogP contribution in [0.25, 0.3) is 0 Å². The fourth-order valence-corrected chi connectivity index (χ4v) is 1.98. The number of anilines is 1. The van der Waals surface area contributed by atoms with Crippen molar-refractivity contribution >= 4 is 5.69 Å². The van der Waals surface area contributed by atoms with Gasteiger partial charge in [-0.15, -0.1) is 0 Å². The SMILES string of the molecule is CCc1ccc(Oc2cc(C)cc(N)c2)c(OC)c1. The number of nitrogen functional groups attached to an aromatic ring is 1. The first-order valence-electron chi connectivity index (χ1n) is 6.34. The van der Waals surface area contributed by atoms with Crippen LogP contribution in [0.4, 0.5) is 5.69 Å². The molecule has 2 aromatic rings. The summed E-state index contributed by atoms with van der Waals surface area (Å²) in [6.45, 7) is 4.09. The van der Waals surface area contributed by atoms with E-state index in [9.17, 15) is 0 Å². The molecule has 0 aliphatic carbocycles. The lowest BCUT2D eigenvalue weighted by molar-refractivity contribution is 0.378. The van der Waals surface area contributed by atoms with Gasteiger partial charge in [-0.2, -0.15) is 0 Å². The smallest absolute Gasteiger partial charge is 0.169 e. The van der Waals surface area contributed by atoms with Crippen molar-refractivity contribution in [3.63, 3.8) is 0 Å². The molecule has 0 saturated carbocycles. The largest absolute Gasteiger partial charge is 0.493 e. The van der Waals surface area contributed by atoms with E-state index in [1.54, 1.807) is 13.2 Å². The summed E-state index contributed by atoms with van der Waals surface area (Å²) in [5, 5.41) is 0. The average molecular weight is 257 g/mol. The number of hydrogen-bond acceptors (Lipinski definition) is 3. The summed E-state index contributed by atoms with van der Waals surface area (Å²) in [6.07, 6.45) is 0.966. The number of methoxy groups -OCH3 is 1. The molecule has 0 fully saturated rings. The van der Waals surface area contributed by atoms with Gasteiger partial charge in [0, 0.05) is 11.8 Å². The number of nitrogens with two attached hydrogens (primary N) is 1. The normalized spacial score (nSPS) is 10.3. The third kappa shape index (κ3) is 3.19. The van der Waals surface area contributed by atoms with Gasteiger partial charge in [0.05, 0.1) is 7.11 Å². The van der Waals surface area contributed by atoms with Gasteiger partial charge in [-0.05, 0) is 48.7 Å². The van der Waals surface area contributed by atoms with Gasteiger partial charge >= 0.3 is 0 Å². The first-order chi connectivity index (χ1) is 9.12. The molecular formula is C16H19NO2. The standard InChI is InChI=1S/C16H19NO2/c1-4-12-5-6-15(16(9-12)18-3)19-14-8-11(2)7-13(17)10-14/h5-10H,4,17H2,1-3H3. The Morgan fingerprint density at radius 2 is 1.84 bits per heavy atom. The highest BCUT2D eigenvalue weighted by Gasteiger charge is 2.07. The fraction of sp³-hybridized carbons (Fsp3) is 0.250. The maximum Gasteiger partial charge on any atom is 0.169 e. The molecule has 0 aliphatic heterocycles. The van der Waals surface area contributed by atoms with Crippen LogP contribution in [-0.2, 0) is 6.42 Å². The molecule has 0 saturated heterocycles. The van der Waals surface area contributed by atoms with Gasteiger partial charge in [0.1, 0.15) is 5.75 Å². The Morgan fingerprint density at radius 3 is 2.47 bits per heavy atom.